The van der Waals surface area contributed by atoms with Crippen molar-refractivity contribution in [1.29, 1.82) is 0 Å². The summed E-state index contributed by atoms with van der Waals surface area (Å²) in [7, 11) is 0. The molecule has 4 nitrogen and oxygen atoms in total. The summed E-state index contributed by atoms with van der Waals surface area (Å²) in [5.41, 5.74) is 5.54. The van der Waals surface area contributed by atoms with Crippen LogP contribution in [0.15, 0.2) is 39.5 Å². The van der Waals surface area contributed by atoms with Gasteiger partial charge in [0.2, 0.25) is 0 Å². The molecule has 5 heteroatoms. The number of rotatable bonds is 1. The number of fused-ring (bicyclic) bond motifs is 4. The topological polar surface area (TPSA) is 42.7 Å². The normalized spacial score (nSPS) is 15.7. The van der Waals surface area contributed by atoms with Crippen molar-refractivity contribution in [3.63, 3.8) is 0 Å². The van der Waals surface area contributed by atoms with Gasteiger partial charge in [-0.2, -0.15) is 0 Å². The first kappa shape index (κ1) is 15.8. The molecule has 0 unspecified atom stereocenters. The molecule has 26 heavy (non-hydrogen) atoms. The van der Waals surface area contributed by atoms with Crippen LogP contribution in [-0.2, 0) is 19.4 Å². The molecule has 132 valence electrons. The second kappa shape index (κ2) is 5.78. The Bertz CT molecular complexity index is 1100. The van der Waals surface area contributed by atoms with Crippen molar-refractivity contribution >= 4 is 28.3 Å². The van der Waals surface area contributed by atoms with Crippen molar-refractivity contribution in [3.05, 3.63) is 68.0 Å². The Morgan fingerprint density at radius 3 is 2.85 bits per heavy atom. The summed E-state index contributed by atoms with van der Waals surface area (Å²) in [6, 6.07) is 9.93. The van der Waals surface area contributed by atoms with Gasteiger partial charge in [0.1, 0.15) is 11.3 Å². The van der Waals surface area contributed by atoms with Crippen LogP contribution in [0.3, 0.4) is 0 Å². The fourth-order valence-electron chi connectivity index (χ4n) is 4.18. The highest BCUT2D eigenvalue weighted by molar-refractivity contribution is 6.30. The summed E-state index contributed by atoms with van der Waals surface area (Å²) in [5, 5.41) is 1.77. The lowest BCUT2D eigenvalue weighted by atomic mass is 9.99. The molecular formula is C21H18ClNO3. The SMILES string of the molecule is Cc1c2c(cc3c4c(c(=O)oc13)CCC4)CN(c1cccc(Cl)c1)CO2. The highest BCUT2D eigenvalue weighted by Gasteiger charge is 2.26. The molecule has 0 spiro atoms. The minimum absolute atomic E-state index is 0.190. The fraction of sp³-hybridized carbons (Fsp3) is 0.286. The molecule has 2 heterocycles. The fourth-order valence-corrected chi connectivity index (χ4v) is 4.36. The summed E-state index contributed by atoms with van der Waals surface area (Å²) in [6.07, 6.45) is 2.77. The number of nitrogens with zero attached hydrogens (tertiary/aromatic N) is 1. The van der Waals surface area contributed by atoms with Crippen LogP contribution in [0.1, 0.15) is 28.7 Å². The molecule has 0 saturated carbocycles. The van der Waals surface area contributed by atoms with E-state index < -0.39 is 0 Å². The number of aryl methyl sites for hydroxylation is 2. The van der Waals surface area contributed by atoms with Crippen LogP contribution in [0.5, 0.6) is 5.75 Å². The average molecular weight is 368 g/mol. The van der Waals surface area contributed by atoms with Gasteiger partial charge in [-0.05, 0) is 56.0 Å². The van der Waals surface area contributed by atoms with E-state index in [4.69, 9.17) is 20.8 Å². The largest absolute Gasteiger partial charge is 0.472 e. The second-order valence-corrected chi connectivity index (χ2v) is 7.45. The number of anilines is 1. The molecule has 0 saturated heterocycles. The van der Waals surface area contributed by atoms with Gasteiger partial charge in [-0.25, -0.2) is 4.79 Å². The Labute approximate surface area is 155 Å². The maximum Gasteiger partial charge on any atom is 0.339 e. The van der Waals surface area contributed by atoms with Gasteiger partial charge in [-0.3, -0.25) is 0 Å². The van der Waals surface area contributed by atoms with Crippen molar-refractivity contribution in [2.45, 2.75) is 32.7 Å². The smallest absolute Gasteiger partial charge is 0.339 e. The van der Waals surface area contributed by atoms with E-state index in [-0.39, 0.29) is 5.63 Å². The van der Waals surface area contributed by atoms with Gasteiger partial charge in [0.05, 0.1) is 0 Å². The Hall–Kier alpha value is -2.46. The van der Waals surface area contributed by atoms with E-state index in [1.165, 1.54) is 0 Å². The van der Waals surface area contributed by atoms with E-state index in [0.29, 0.717) is 17.3 Å². The van der Waals surface area contributed by atoms with Crippen LogP contribution in [0.4, 0.5) is 5.69 Å². The standard InChI is InChI=1S/C21H18ClNO3/c1-12-19-13(10-23(11-25-19)15-5-2-4-14(22)9-15)8-18-16-6-3-7-17(16)21(24)26-20(12)18/h2,4-5,8-9H,3,6-7,10-11H2,1H3. The summed E-state index contributed by atoms with van der Waals surface area (Å²) >= 11 is 6.14. The lowest BCUT2D eigenvalue weighted by Crippen LogP contribution is -2.32. The van der Waals surface area contributed by atoms with Crippen LogP contribution in [0.25, 0.3) is 11.0 Å². The van der Waals surface area contributed by atoms with Crippen LogP contribution in [0, 0.1) is 6.92 Å². The molecule has 5 rings (SSSR count). The zero-order chi connectivity index (χ0) is 17.8. The molecule has 1 aliphatic heterocycles. The van der Waals surface area contributed by atoms with E-state index in [1.807, 2.05) is 31.2 Å². The van der Waals surface area contributed by atoms with Crippen LogP contribution in [0.2, 0.25) is 5.02 Å². The number of halogens is 1. The lowest BCUT2D eigenvalue weighted by molar-refractivity contribution is 0.287. The second-order valence-electron chi connectivity index (χ2n) is 7.02. The quantitative estimate of drug-likeness (QED) is 0.589. The van der Waals surface area contributed by atoms with Gasteiger partial charge in [-0.15, -0.1) is 0 Å². The van der Waals surface area contributed by atoms with Crippen molar-refractivity contribution in [2.24, 2.45) is 0 Å². The van der Waals surface area contributed by atoms with Gasteiger partial charge < -0.3 is 14.1 Å². The van der Waals surface area contributed by atoms with E-state index >= 15 is 0 Å². The molecule has 0 fully saturated rings. The summed E-state index contributed by atoms with van der Waals surface area (Å²) in [6.45, 7) is 3.15. The molecule has 3 aromatic rings. The molecule has 2 aliphatic rings. The first-order valence-electron chi connectivity index (χ1n) is 8.86. The minimum Gasteiger partial charge on any atom is -0.472 e. The van der Waals surface area contributed by atoms with E-state index in [1.54, 1.807) is 0 Å². The molecule has 2 aromatic carbocycles. The number of ether oxygens (including phenoxy) is 1. The van der Waals surface area contributed by atoms with E-state index in [9.17, 15) is 4.79 Å². The van der Waals surface area contributed by atoms with Crippen molar-refractivity contribution in [2.75, 3.05) is 11.6 Å². The summed E-state index contributed by atoms with van der Waals surface area (Å²) < 4.78 is 11.7. The first-order chi connectivity index (χ1) is 12.6. The van der Waals surface area contributed by atoms with Gasteiger partial charge >= 0.3 is 5.63 Å². The third-order valence-corrected chi connectivity index (χ3v) is 5.65. The van der Waals surface area contributed by atoms with Crippen LogP contribution < -0.4 is 15.3 Å². The Kier molecular flexibility index (Phi) is 3.50. The van der Waals surface area contributed by atoms with Crippen molar-refractivity contribution in [1.82, 2.24) is 0 Å². The van der Waals surface area contributed by atoms with Crippen molar-refractivity contribution < 1.29 is 9.15 Å². The molecule has 0 bridgehead atoms. The van der Waals surface area contributed by atoms with Gasteiger partial charge in [0.15, 0.2) is 6.73 Å². The molecular weight excluding hydrogens is 350 g/mol. The third kappa shape index (κ3) is 2.32. The van der Waals surface area contributed by atoms with Gasteiger partial charge in [0, 0.05) is 39.3 Å². The average Bonchev–Trinajstić information content (AvgIpc) is 3.13. The number of benzene rings is 2. The Balaban J connectivity index is 1.65. The predicted octanol–water partition coefficient (Wildman–Crippen LogP) is 4.60. The van der Waals surface area contributed by atoms with Gasteiger partial charge in [-0.1, -0.05) is 17.7 Å². The zero-order valence-corrected chi connectivity index (χ0v) is 15.2. The summed E-state index contributed by atoms with van der Waals surface area (Å²) in [4.78, 5) is 14.4. The minimum atomic E-state index is -0.190. The molecule has 0 amide bonds. The maximum atomic E-state index is 12.3. The highest BCUT2D eigenvalue weighted by atomic mass is 35.5. The number of hydrogen-bond donors (Lipinski definition) is 0. The highest BCUT2D eigenvalue weighted by Crippen LogP contribution is 2.39. The maximum absolute atomic E-state index is 12.3. The number of hydrogen-bond acceptors (Lipinski definition) is 4. The van der Waals surface area contributed by atoms with E-state index in [0.717, 1.165) is 64.9 Å². The van der Waals surface area contributed by atoms with Crippen molar-refractivity contribution in [3.8, 4) is 5.75 Å². The lowest BCUT2D eigenvalue weighted by Gasteiger charge is -2.32. The Morgan fingerprint density at radius 1 is 1.15 bits per heavy atom. The molecule has 0 N–H and O–H groups in total. The molecule has 0 atom stereocenters. The van der Waals surface area contributed by atoms with E-state index in [2.05, 4.69) is 11.0 Å². The molecule has 1 aliphatic carbocycles. The molecule has 0 radical (unpaired) electrons. The van der Waals surface area contributed by atoms with Crippen LogP contribution >= 0.6 is 11.6 Å². The predicted molar refractivity (Wildman–Crippen MR) is 102 cm³/mol. The first-order valence-corrected chi connectivity index (χ1v) is 9.24. The Morgan fingerprint density at radius 2 is 2.00 bits per heavy atom. The van der Waals surface area contributed by atoms with Gasteiger partial charge in [0.25, 0.3) is 0 Å². The zero-order valence-electron chi connectivity index (χ0n) is 14.5. The third-order valence-electron chi connectivity index (χ3n) is 5.42. The van der Waals surface area contributed by atoms with Crippen LogP contribution in [-0.4, -0.2) is 6.73 Å². The molecule has 1 aromatic heterocycles. The summed E-state index contributed by atoms with van der Waals surface area (Å²) in [5.74, 6) is 0.830. The monoisotopic (exact) mass is 367 g/mol.